The number of benzene rings is 1. The number of nitrogens with zero attached hydrogens (tertiary/aromatic N) is 4. The van der Waals surface area contributed by atoms with E-state index in [0.717, 1.165) is 11.3 Å². The monoisotopic (exact) mass is 516 g/mol. The van der Waals surface area contributed by atoms with Crippen LogP contribution in [-0.4, -0.2) is 43.6 Å². The summed E-state index contributed by atoms with van der Waals surface area (Å²) in [6.07, 6.45) is 1.73. The summed E-state index contributed by atoms with van der Waals surface area (Å²) in [4.78, 5) is 49.7. The maximum Gasteiger partial charge on any atom is 0.301 e. The number of rotatable bonds is 6. The maximum absolute atomic E-state index is 13.5. The first-order valence-electron chi connectivity index (χ1n) is 11.7. The Labute approximate surface area is 216 Å². The Bertz CT molecular complexity index is 1620. The van der Waals surface area contributed by atoms with Crippen molar-refractivity contribution in [3.63, 3.8) is 0 Å². The van der Waals surface area contributed by atoms with Gasteiger partial charge in [-0.3, -0.25) is 23.7 Å². The summed E-state index contributed by atoms with van der Waals surface area (Å²) >= 11 is 1.04. The second-order valence-corrected chi connectivity index (χ2v) is 9.59. The molecule has 4 heterocycles. The van der Waals surface area contributed by atoms with E-state index in [0.29, 0.717) is 45.5 Å². The van der Waals surface area contributed by atoms with Crippen LogP contribution in [0.2, 0.25) is 0 Å². The molecule has 188 valence electrons. The van der Waals surface area contributed by atoms with Gasteiger partial charge >= 0.3 is 5.91 Å². The van der Waals surface area contributed by atoms with Crippen LogP contribution in [0, 0.1) is 13.8 Å². The van der Waals surface area contributed by atoms with Crippen LogP contribution in [0.3, 0.4) is 0 Å². The Morgan fingerprint density at radius 3 is 2.59 bits per heavy atom. The molecule has 37 heavy (non-hydrogen) atoms. The fraction of sp³-hybridized carbons (Fsp3) is 0.222. The molecule has 9 nitrogen and oxygen atoms in total. The van der Waals surface area contributed by atoms with Crippen molar-refractivity contribution in [3.05, 3.63) is 81.8 Å². The van der Waals surface area contributed by atoms with Crippen LogP contribution in [0.25, 0.3) is 11.4 Å². The molecular weight excluding hydrogens is 492 g/mol. The van der Waals surface area contributed by atoms with Gasteiger partial charge in [0.25, 0.3) is 5.78 Å². The molecule has 1 N–H and O–H groups in total. The van der Waals surface area contributed by atoms with Gasteiger partial charge in [-0.05, 0) is 50.6 Å². The van der Waals surface area contributed by atoms with E-state index >= 15 is 0 Å². The summed E-state index contributed by atoms with van der Waals surface area (Å²) in [6.45, 7) is 7.12. The third kappa shape index (κ3) is 3.99. The lowest BCUT2D eigenvalue weighted by atomic mass is 9.96. The number of hydrogen-bond acceptors (Lipinski definition) is 8. The average Bonchev–Trinajstić information content (AvgIpc) is 3.50. The zero-order valence-electron chi connectivity index (χ0n) is 20.7. The summed E-state index contributed by atoms with van der Waals surface area (Å²) in [7, 11) is 0. The van der Waals surface area contributed by atoms with E-state index in [9.17, 15) is 19.5 Å². The maximum atomic E-state index is 13.5. The van der Waals surface area contributed by atoms with Gasteiger partial charge in [0.05, 0.1) is 34.5 Å². The quantitative estimate of drug-likeness (QED) is 0.172. The van der Waals surface area contributed by atoms with Crippen LogP contribution < -0.4 is 9.64 Å². The van der Waals surface area contributed by atoms with Crippen molar-refractivity contribution in [2.75, 3.05) is 11.5 Å². The van der Waals surface area contributed by atoms with Crippen LogP contribution in [0.15, 0.2) is 54.2 Å². The predicted molar refractivity (Wildman–Crippen MR) is 139 cm³/mol. The van der Waals surface area contributed by atoms with Crippen molar-refractivity contribution in [2.24, 2.45) is 0 Å². The molecule has 1 fully saturated rings. The fourth-order valence-corrected chi connectivity index (χ4v) is 5.61. The molecule has 3 aromatic heterocycles. The molecule has 1 atom stereocenters. The number of aryl methyl sites for hydroxylation is 2. The number of pyridine rings is 1. The lowest BCUT2D eigenvalue weighted by molar-refractivity contribution is -0.132. The molecule has 0 spiro atoms. The van der Waals surface area contributed by atoms with Crippen molar-refractivity contribution in [1.82, 2.24) is 14.4 Å². The predicted octanol–water partition coefficient (Wildman–Crippen LogP) is 4.64. The zero-order chi connectivity index (χ0) is 26.4. The normalized spacial score (nSPS) is 17.1. The van der Waals surface area contributed by atoms with Crippen LogP contribution in [0.4, 0.5) is 5.13 Å². The van der Waals surface area contributed by atoms with E-state index in [1.807, 2.05) is 13.0 Å². The van der Waals surface area contributed by atoms with Crippen LogP contribution in [0.5, 0.6) is 5.75 Å². The third-order valence-electron chi connectivity index (χ3n) is 6.17. The molecule has 4 aromatic rings. The summed E-state index contributed by atoms with van der Waals surface area (Å²) in [5.74, 6) is -1.68. The van der Waals surface area contributed by atoms with Gasteiger partial charge < -0.3 is 9.84 Å². The molecule has 1 aromatic carbocycles. The molecule has 10 heteroatoms. The Kier molecular flexibility index (Phi) is 6.12. The van der Waals surface area contributed by atoms with E-state index in [1.165, 1.54) is 11.8 Å². The molecule has 5 rings (SSSR count). The Hall–Kier alpha value is -4.31. The lowest BCUT2D eigenvalue weighted by Crippen LogP contribution is -2.29. The highest BCUT2D eigenvalue weighted by atomic mass is 32.1. The second kappa shape index (κ2) is 9.29. The van der Waals surface area contributed by atoms with Crippen molar-refractivity contribution < 1.29 is 24.2 Å². The highest BCUT2D eigenvalue weighted by Crippen LogP contribution is 2.44. The van der Waals surface area contributed by atoms with Crippen LogP contribution in [-0.2, 0) is 9.59 Å². The topological polar surface area (TPSA) is 114 Å². The number of hydrogen-bond donors (Lipinski definition) is 1. The Balaban J connectivity index is 1.78. The SMILES string of the molecule is CCOc1cccc(C2C(=C(O)c3c(C)nc4ccccn34)C(=O)C(=O)N2c2nc(C)c(C(C)=O)s2)c1. The summed E-state index contributed by atoms with van der Waals surface area (Å²) in [5, 5.41) is 11.8. The first kappa shape index (κ1) is 24.4. The Morgan fingerprint density at radius 1 is 1.11 bits per heavy atom. The Morgan fingerprint density at radius 2 is 1.89 bits per heavy atom. The summed E-state index contributed by atoms with van der Waals surface area (Å²) < 4.78 is 7.34. The number of amides is 1. The fourth-order valence-electron chi connectivity index (χ4n) is 4.62. The second-order valence-electron chi connectivity index (χ2n) is 8.62. The van der Waals surface area contributed by atoms with Gasteiger partial charge in [0.1, 0.15) is 17.1 Å². The van der Waals surface area contributed by atoms with E-state index in [1.54, 1.807) is 60.8 Å². The van der Waals surface area contributed by atoms with Crippen molar-refractivity contribution >= 4 is 45.3 Å². The average molecular weight is 517 g/mol. The molecule has 1 unspecified atom stereocenters. The first-order valence-corrected chi connectivity index (χ1v) is 12.5. The number of aromatic nitrogens is 3. The minimum Gasteiger partial charge on any atom is -0.505 e. The summed E-state index contributed by atoms with van der Waals surface area (Å²) in [6, 6.07) is 11.4. The highest BCUT2D eigenvalue weighted by molar-refractivity contribution is 7.18. The smallest absolute Gasteiger partial charge is 0.301 e. The van der Waals surface area contributed by atoms with Gasteiger partial charge in [0, 0.05) is 13.1 Å². The molecular formula is C27H24N4O5S. The summed E-state index contributed by atoms with van der Waals surface area (Å²) in [5.41, 5.74) is 2.33. The van der Waals surface area contributed by atoms with Gasteiger partial charge in [-0.2, -0.15) is 0 Å². The molecule has 0 radical (unpaired) electrons. The minimum absolute atomic E-state index is 0.0929. The van der Waals surface area contributed by atoms with Crippen molar-refractivity contribution in [1.29, 1.82) is 0 Å². The van der Waals surface area contributed by atoms with Gasteiger partial charge in [0.2, 0.25) is 0 Å². The molecule has 1 aliphatic rings. The molecule has 0 saturated carbocycles. The number of aliphatic hydroxyl groups is 1. The lowest BCUT2D eigenvalue weighted by Gasteiger charge is -2.23. The molecule has 1 amide bonds. The number of Topliss-reactive ketones (excluding diaryl/α,β-unsaturated/α-hetero) is 2. The van der Waals surface area contributed by atoms with Crippen molar-refractivity contribution in [3.8, 4) is 5.75 Å². The minimum atomic E-state index is -1.00. The molecule has 0 aliphatic carbocycles. The van der Waals surface area contributed by atoms with Crippen LogP contribution in [0.1, 0.15) is 52.2 Å². The number of ether oxygens (including phenoxy) is 1. The largest absolute Gasteiger partial charge is 0.505 e. The van der Waals surface area contributed by atoms with Crippen molar-refractivity contribution in [2.45, 2.75) is 33.7 Å². The number of carbonyl (C=O) groups excluding carboxylic acids is 3. The van der Waals surface area contributed by atoms with Crippen LogP contribution >= 0.6 is 11.3 Å². The number of ketones is 2. The van der Waals surface area contributed by atoms with Gasteiger partial charge in [0.15, 0.2) is 16.7 Å². The molecule has 1 aliphatic heterocycles. The van der Waals surface area contributed by atoms with Gasteiger partial charge in [-0.1, -0.05) is 29.5 Å². The standard InChI is InChI=1S/C27H24N4O5S/c1-5-36-18-10-8-9-17(13-18)22-20(23(33)21-14(2)28-19-11-6-7-12-30(19)21)24(34)26(35)31(22)27-29-15(3)25(37-27)16(4)32/h6-13,22,33H,5H2,1-4H3. The number of aliphatic hydroxyl groups excluding tert-OH is 1. The van der Waals surface area contributed by atoms with Gasteiger partial charge in [-0.15, -0.1) is 0 Å². The molecule has 0 bridgehead atoms. The van der Waals surface area contributed by atoms with E-state index in [-0.39, 0.29) is 22.2 Å². The van der Waals surface area contributed by atoms with Gasteiger partial charge in [-0.25, -0.2) is 9.97 Å². The van der Waals surface area contributed by atoms with E-state index in [4.69, 9.17) is 4.74 Å². The zero-order valence-corrected chi connectivity index (χ0v) is 21.5. The number of carbonyl (C=O) groups is 3. The number of anilines is 1. The highest BCUT2D eigenvalue weighted by Gasteiger charge is 2.49. The van der Waals surface area contributed by atoms with E-state index in [2.05, 4.69) is 9.97 Å². The number of imidazole rings is 1. The molecule has 1 saturated heterocycles. The number of fused-ring (bicyclic) bond motifs is 1. The van der Waals surface area contributed by atoms with E-state index < -0.39 is 17.7 Å². The number of thiazole rings is 1. The third-order valence-corrected chi connectivity index (χ3v) is 7.43. The first-order chi connectivity index (χ1) is 17.7.